The zero-order valence-electron chi connectivity index (χ0n) is 13.8. The number of anilines is 3. The van der Waals surface area contributed by atoms with Crippen molar-refractivity contribution in [1.82, 2.24) is 4.98 Å². The van der Waals surface area contributed by atoms with Crippen LogP contribution in [0.25, 0.3) is 21.2 Å². The maximum absolute atomic E-state index is 11.5. The van der Waals surface area contributed by atoms with E-state index in [0.29, 0.717) is 10.7 Å². The topological polar surface area (TPSA) is 94.0 Å². The molecule has 6 heteroatoms. The number of pyridine rings is 1. The third-order valence-corrected chi connectivity index (χ3v) is 5.27. The molecular weight excluding hydrogens is 344 g/mol. The molecule has 2 aromatic heterocycles. The van der Waals surface area contributed by atoms with Crippen LogP contribution >= 0.6 is 11.3 Å². The largest absolute Gasteiger partial charge is 0.383 e. The molecule has 5 nitrogen and oxygen atoms in total. The van der Waals surface area contributed by atoms with Crippen molar-refractivity contribution in [3.63, 3.8) is 0 Å². The average molecular weight is 360 g/mol. The predicted octanol–water partition coefficient (Wildman–Crippen LogP) is 4.39. The molecule has 4 rings (SSSR count). The summed E-state index contributed by atoms with van der Waals surface area (Å²) in [7, 11) is 0. The van der Waals surface area contributed by atoms with Crippen molar-refractivity contribution in [3.8, 4) is 11.1 Å². The summed E-state index contributed by atoms with van der Waals surface area (Å²) in [5, 5.41) is 4.18. The minimum Gasteiger partial charge on any atom is -0.383 e. The molecule has 5 N–H and O–H groups in total. The number of rotatable bonds is 4. The lowest BCUT2D eigenvalue weighted by Gasteiger charge is -2.09. The zero-order valence-corrected chi connectivity index (χ0v) is 14.6. The molecular formula is C20H16N4OS. The van der Waals surface area contributed by atoms with Crippen molar-refractivity contribution in [3.05, 3.63) is 71.7 Å². The first kappa shape index (κ1) is 16.1. The second-order valence-electron chi connectivity index (χ2n) is 5.84. The maximum atomic E-state index is 11.5. The van der Waals surface area contributed by atoms with E-state index in [-0.39, 0.29) is 0 Å². The van der Waals surface area contributed by atoms with E-state index < -0.39 is 5.91 Å². The van der Waals surface area contributed by atoms with Gasteiger partial charge in [-0.05, 0) is 29.3 Å². The molecule has 0 unspecified atom stereocenters. The molecule has 0 fully saturated rings. The number of nitrogens with one attached hydrogen (secondary N) is 1. The summed E-state index contributed by atoms with van der Waals surface area (Å²) in [6.07, 6.45) is 1.67. The van der Waals surface area contributed by atoms with Crippen LogP contribution in [0.4, 0.5) is 17.2 Å². The lowest BCUT2D eigenvalue weighted by molar-refractivity contribution is 0.100. The summed E-state index contributed by atoms with van der Waals surface area (Å²) in [5.41, 5.74) is 15.3. The molecule has 0 saturated carbocycles. The van der Waals surface area contributed by atoms with Crippen molar-refractivity contribution in [2.75, 3.05) is 11.1 Å². The van der Waals surface area contributed by atoms with Gasteiger partial charge >= 0.3 is 0 Å². The summed E-state index contributed by atoms with van der Waals surface area (Å²) >= 11 is 1.25. The molecule has 0 bridgehead atoms. The minimum atomic E-state index is -0.469. The van der Waals surface area contributed by atoms with Gasteiger partial charge in [-0.15, -0.1) is 11.3 Å². The lowest BCUT2D eigenvalue weighted by atomic mass is 10.1. The Bertz CT molecular complexity index is 1090. The van der Waals surface area contributed by atoms with Gasteiger partial charge in [-0.25, -0.2) is 4.98 Å². The van der Waals surface area contributed by atoms with Crippen molar-refractivity contribution in [1.29, 1.82) is 0 Å². The number of carbonyl (C=O) groups excluding carboxylic acids is 1. The Morgan fingerprint density at radius 3 is 2.38 bits per heavy atom. The number of benzene rings is 2. The second-order valence-corrected chi connectivity index (χ2v) is 6.90. The number of hydrogen-bond acceptors (Lipinski definition) is 5. The van der Waals surface area contributed by atoms with Crippen molar-refractivity contribution >= 4 is 44.5 Å². The van der Waals surface area contributed by atoms with E-state index in [0.717, 1.165) is 27.0 Å². The van der Waals surface area contributed by atoms with Crippen LogP contribution in [0.15, 0.2) is 66.9 Å². The zero-order chi connectivity index (χ0) is 18.1. The number of nitrogens with two attached hydrogens (primary N) is 2. The van der Waals surface area contributed by atoms with E-state index in [2.05, 4.69) is 34.6 Å². The molecule has 1 amide bonds. The molecule has 0 atom stereocenters. The van der Waals surface area contributed by atoms with Gasteiger partial charge in [0, 0.05) is 11.1 Å². The number of amides is 1. The van der Waals surface area contributed by atoms with Gasteiger partial charge in [0.1, 0.15) is 5.82 Å². The molecule has 0 radical (unpaired) electrons. The number of aromatic nitrogens is 1. The van der Waals surface area contributed by atoms with E-state index >= 15 is 0 Å². The van der Waals surface area contributed by atoms with Gasteiger partial charge in [0.15, 0.2) is 0 Å². The summed E-state index contributed by atoms with van der Waals surface area (Å²) in [5.74, 6) is -0.0776. The molecule has 26 heavy (non-hydrogen) atoms. The van der Waals surface area contributed by atoms with Gasteiger partial charge in [-0.3, -0.25) is 4.79 Å². The fourth-order valence-electron chi connectivity index (χ4n) is 2.80. The highest BCUT2D eigenvalue weighted by atomic mass is 32.1. The number of hydrogen-bond donors (Lipinski definition) is 3. The van der Waals surface area contributed by atoms with Gasteiger partial charge in [0.05, 0.1) is 21.5 Å². The summed E-state index contributed by atoms with van der Waals surface area (Å²) in [4.78, 5) is 16.1. The second kappa shape index (κ2) is 6.50. The molecule has 4 aromatic rings. The fourth-order valence-corrected chi connectivity index (χ4v) is 3.73. The van der Waals surface area contributed by atoms with E-state index in [4.69, 9.17) is 11.5 Å². The monoisotopic (exact) mass is 360 g/mol. The van der Waals surface area contributed by atoms with E-state index in [1.807, 2.05) is 30.3 Å². The van der Waals surface area contributed by atoms with Crippen LogP contribution in [0.3, 0.4) is 0 Å². The van der Waals surface area contributed by atoms with E-state index in [9.17, 15) is 4.79 Å². The lowest BCUT2D eigenvalue weighted by Crippen LogP contribution is -2.08. The molecule has 0 aliphatic heterocycles. The third-order valence-electron chi connectivity index (χ3n) is 4.10. The number of carbonyl (C=O) groups is 1. The summed E-state index contributed by atoms with van der Waals surface area (Å²) < 4.78 is 0.754. The first-order valence-electron chi connectivity index (χ1n) is 8.02. The van der Waals surface area contributed by atoms with Crippen LogP contribution in [-0.2, 0) is 0 Å². The van der Waals surface area contributed by atoms with E-state index in [1.165, 1.54) is 16.9 Å². The van der Waals surface area contributed by atoms with Crippen LogP contribution in [0.2, 0.25) is 0 Å². The van der Waals surface area contributed by atoms with Gasteiger partial charge in [0.2, 0.25) is 0 Å². The molecule has 0 saturated heterocycles. The van der Waals surface area contributed by atoms with Crippen LogP contribution in [0.5, 0.6) is 0 Å². The molecule has 2 aromatic carbocycles. The highest BCUT2D eigenvalue weighted by Crippen LogP contribution is 2.35. The Morgan fingerprint density at radius 1 is 1.00 bits per heavy atom. The Balaban J connectivity index is 1.67. The minimum absolute atomic E-state index is 0.391. The molecule has 0 aliphatic rings. The number of nitrogen functional groups attached to an aromatic ring is 1. The Labute approximate surface area is 154 Å². The smallest absolute Gasteiger partial charge is 0.258 e. The van der Waals surface area contributed by atoms with Crippen LogP contribution in [0.1, 0.15) is 9.67 Å². The number of nitrogens with zero attached hydrogens (tertiary/aromatic N) is 1. The highest BCUT2D eigenvalue weighted by molar-refractivity contribution is 7.21. The quantitative estimate of drug-likeness (QED) is 0.503. The van der Waals surface area contributed by atoms with Crippen molar-refractivity contribution < 1.29 is 4.79 Å². The van der Waals surface area contributed by atoms with E-state index in [1.54, 1.807) is 12.3 Å². The van der Waals surface area contributed by atoms with Crippen LogP contribution < -0.4 is 16.8 Å². The average Bonchev–Trinajstić information content (AvgIpc) is 3.12. The normalized spacial score (nSPS) is 10.8. The van der Waals surface area contributed by atoms with Crippen LogP contribution in [-0.4, -0.2) is 10.9 Å². The number of fused-ring (bicyclic) bond motifs is 1. The molecule has 0 spiro atoms. The number of thiophene rings is 1. The summed E-state index contributed by atoms with van der Waals surface area (Å²) in [6, 6.07) is 20.1. The SMILES string of the molecule is NC(=O)c1cc2c(Nc3ccc(-c4ccccc4)cc3)cnc(N)c2s1. The van der Waals surface area contributed by atoms with Gasteiger partial charge in [-0.2, -0.15) is 0 Å². The van der Waals surface area contributed by atoms with Gasteiger partial charge < -0.3 is 16.8 Å². The standard InChI is InChI=1S/C20H16N4OS/c21-19-18-15(10-17(26-18)20(22)25)16(11-23-19)24-14-8-6-13(7-9-14)12-4-2-1-3-5-12/h1-11,24H,(H2,21,23)(H2,22,25). The Morgan fingerprint density at radius 2 is 1.69 bits per heavy atom. The third kappa shape index (κ3) is 2.98. The Hall–Kier alpha value is -3.38. The van der Waals surface area contributed by atoms with Gasteiger partial charge in [-0.1, -0.05) is 42.5 Å². The summed E-state index contributed by atoms with van der Waals surface area (Å²) in [6.45, 7) is 0. The first-order valence-corrected chi connectivity index (χ1v) is 8.84. The molecule has 128 valence electrons. The number of primary amides is 1. The van der Waals surface area contributed by atoms with Gasteiger partial charge in [0.25, 0.3) is 5.91 Å². The fraction of sp³-hybridized carbons (Fsp3) is 0. The molecule has 0 aliphatic carbocycles. The maximum Gasteiger partial charge on any atom is 0.258 e. The Kier molecular flexibility index (Phi) is 4.02. The van der Waals surface area contributed by atoms with Crippen molar-refractivity contribution in [2.45, 2.75) is 0 Å². The molecule has 2 heterocycles. The van der Waals surface area contributed by atoms with Crippen molar-refractivity contribution in [2.24, 2.45) is 5.73 Å². The highest BCUT2D eigenvalue weighted by Gasteiger charge is 2.13. The van der Waals surface area contributed by atoms with Crippen LogP contribution in [0, 0.1) is 0 Å². The predicted molar refractivity (Wildman–Crippen MR) is 108 cm³/mol. The first-order chi connectivity index (χ1) is 12.6.